The number of nitrogens with two attached hydrogens (primary N) is 1. The largest absolute Gasteiger partial charge is 0.399 e. The topological polar surface area (TPSA) is 46.3 Å². The van der Waals surface area contributed by atoms with Crippen LogP contribution in [0.1, 0.15) is 36.5 Å². The molecular formula is C14H19BrN2O. The molecule has 0 aromatic heterocycles. The van der Waals surface area contributed by atoms with Gasteiger partial charge in [0.15, 0.2) is 0 Å². The minimum Gasteiger partial charge on any atom is -0.399 e. The third kappa shape index (κ3) is 2.86. The Hall–Kier alpha value is -1.03. The van der Waals surface area contributed by atoms with Crippen LogP contribution in [0.4, 0.5) is 5.69 Å². The highest BCUT2D eigenvalue weighted by Crippen LogP contribution is 2.25. The highest BCUT2D eigenvalue weighted by Gasteiger charge is 2.23. The van der Waals surface area contributed by atoms with Crippen molar-refractivity contribution in [3.63, 3.8) is 0 Å². The smallest absolute Gasteiger partial charge is 0.255 e. The van der Waals surface area contributed by atoms with Crippen molar-refractivity contribution >= 4 is 27.5 Å². The van der Waals surface area contributed by atoms with E-state index in [0.717, 1.165) is 36.3 Å². The summed E-state index contributed by atoms with van der Waals surface area (Å²) in [6.45, 7) is 3.94. The first kappa shape index (κ1) is 13.4. The maximum atomic E-state index is 12.4. The molecule has 0 unspecified atom stereocenters. The van der Waals surface area contributed by atoms with E-state index in [4.69, 9.17) is 5.73 Å². The summed E-state index contributed by atoms with van der Waals surface area (Å²) in [6, 6.07) is 5.38. The van der Waals surface area contributed by atoms with Crippen molar-refractivity contribution in [3.05, 3.63) is 28.2 Å². The molecule has 18 heavy (non-hydrogen) atoms. The van der Waals surface area contributed by atoms with Crippen molar-refractivity contribution in [2.45, 2.75) is 26.2 Å². The van der Waals surface area contributed by atoms with Gasteiger partial charge in [-0.2, -0.15) is 0 Å². The first-order valence-corrected chi connectivity index (χ1v) is 7.25. The molecule has 98 valence electrons. The van der Waals surface area contributed by atoms with Crippen molar-refractivity contribution < 1.29 is 4.79 Å². The first-order chi connectivity index (χ1) is 8.61. The lowest BCUT2D eigenvalue weighted by atomic mass is 9.94. The maximum Gasteiger partial charge on any atom is 0.255 e. The molecule has 0 spiro atoms. The minimum absolute atomic E-state index is 0.0868. The molecule has 1 amide bonds. The van der Waals surface area contributed by atoms with Gasteiger partial charge in [-0.15, -0.1) is 0 Å². The van der Waals surface area contributed by atoms with E-state index < -0.39 is 0 Å². The van der Waals surface area contributed by atoms with Gasteiger partial charge in [0.25, 0.3) is 5.91 Å². The Balaban J connectivity index is 2.10. The van der Waals surface area contributed by atoms with Crippen LogP contribution in [-0.4, -0.2) is 23.9 Å². The number of nitrogens with zero attached hydrogens (tertiary/aromatic N) is 1. The summed E-state index contributed by atoms with van der Waals surface area (Å²) in [6.07, 6.45) is 3.44. The lowest BCUT2D eigenvalue weighted by Gasteiger charge is -2.31. The quantitative estimate of drug-likeness (QED) is 0.852. The van der Waals surface area contributed by atoms with E-state index in [0.29, 0.717) is 11.3 Å². The number of piperidine rings is 1. The zero-order valence-corrected chi connectivity index (χ0v) is 12.2. The molecule has 0 atom stereocenters. The highest BCUT2D eigenvalue weighted by atomic mass is 79.9. The number of anilines is 1. The number of likely N-dealkylation sites (tertiary alicyclic amines) is 1. The molecule has 4 heteroatoms. The summed E-state index contributed by atoms with van der Waals surface area (Å²) in [5, 5.41) is 0. The van der Waals surface area contributed by atoms with Crippen LogP contribution < -0.4 is 5.73 Å². The van der Waals surface area contributed by atoms with E-state index in [-0.39, 0.29) is 5.91 Å². The van der Waals surface area contributed by atoms with Crippen molar-refractivity contribution in [2.24, 2.45) is 5.92 Å². The Kier molecular flexibility index (Phi) is 4.27. The third-order valence-electron chi connectivity index (χ3n) is 3.70. The molecule has 2 N–H and O–H groups in total. The molecule has 1 aliphatic heterocycles. The second-order valence-electron chi connectivity index (χ2n) is 4.88. The van der Waals surface area contributed by atoms with Crippen LogP contribution in [0.25, 0.3) is 0 Å². The molecule has 1 saturated heterocycles. The maximum absolute atomic E-state index is 12.4. The van der Waals surface area contributed by atoms with Gasteiger partial charge in [0.2, 0.25) is 0 Å². The van der Waals surface area contributed by atoms with Crippen LogP contribution in [0, 0.1) is 5.92 Å². The van der Waals surface area contributed by atoms with Crippen LogP contribution in [-0.2, 0) is 0 Å². The predicted octanol–water partition coefficient (Wildman–Crippen LogP) is 3.29. The molecule has 2 rings (SSSR count). The van der Waals surface area contributed by atoms with Crippen molar-refractivity contribution in [1.29, 1.82) is 0 Å². The fourth-order valence-corrected chi connectivity index (χ4v) is 2.84. The van der Waals surface area contributed by atoms with Crippen LogP contribution in [0.3, 0.4) is 0 Å². The van der Waals surface area contributed by atoms with Crippen molar-refractivity contribution in [1.82, 2.24) is 4.90 Å². The summed E-state index contributed by atoms with van der Waals surface area (Å²) < 4.78 is 0.819. The van der Waals surface area contributed by atoms with E-state index in [2.05, 4.69) is 22.9 Å². The Morgan fingerprint density at radius 1 is 1.44 bits per heavy atom. The van der Waals surface area contributed by atoms with E-state index in [1.54, 1.807) is 12.1 Å². The number of nitrogen functional groups attached to an aromatic ring is 1. The van der Waals surface area contributed by atoms with Crippen molar-refractivity contribution in [2.75, 3.05) is 18.8 Å². The number of hydrogen-bond donors (Lipinski definition) is 1. The van der Waals surface area contributed by atoms with E-state index in [1.165, 1.54) is 6.42 Å². The second-order valence-corrected chi connectivity index (χ2v) is 5.74. The number of carbonyl (C=O) groups excluding carboxylic acids is 1. The van der Waals surface area contributed by atoms with E-state index >= 15 is 0 Å². The summed E-state index contributed by atoms with van der Waals surface area (Å²) in [7, 11) is 0. The predicted molar refractivity (Wildman–Crippen MR) is 77.5 cm³/mol. The molecule has 3 nitrogen and oxygen atoms in total. The Bertz CT molecular complexity index is 439. The van der Waals surface area contributed by atoms with Crippen LogP contribution in [0.2, 0.25) is 0 Å². The molecular weight excluding hydrogens is 292 g/mol. The van der Waals surface area contributed by atoms with Gasteiger partial charge in [0, 0.05) is 23.2 Å². The summed E-state index contributed by atoms with van der Waals surface area (Å²) in [5.41, 5.74) is 7.05. The van der Waals surface area contributed by atoms with E-state index in [1.807, 2.05) is 11.0 Å². The zero-order valence-electron chi connectivity index (χ0n) is 10.7. The third-order valence-corrected chi connectivity index (χ3v) is 4.39. The average Bonchev–Trinajstić information content (AvgIpc) is 2.41. The fourth-order valence-electron chi connectivity index (χ4n) is 2.42. The number of hydrogen-bond acceptors (Lipinski definition) is 2. The molecule has 1 aliphatic rings. The molecule has 1 heterocycles. The summed E-state index contributed by atoms with van der Waals surface area (Å²) in [5.74, 6) is 0.863. The van der Waals surface area contributed by atoms with Gasteiger partial charge < -0.3 is 10.6 Å². The fraction of sp³-hybridized carbons (Fsp3) is 0.500. The van der Waals surface area contributed by atoms with E-state index in [9.17, 15) is 4.79 Å². The van der Waals surface area contributed by atoms with Crippen LogP contribution >= 0.6 is 15.9 Å². The standard InChI is InChI=1S/C14H19BrN2O/c1-2-10-5-7-17(8-6-10)14(18)12-9-11(16)3-4-13(12)15/h3-4,9-10H,2,5-8,16H2,1H3. The molecule has 1 aromatic carbocycles. The Labute approximate surface area is 116 Å². The van der Waals surface area contributed by atoms with Gasteiger partial charge in [-0.05, 0) is 52.9 Å². The van der Waals surface area contributed by atoms with Gasteiger partial charge in [-0.3, -0.25) is 4.79 Å². The van der Waals surface area contributed by atoms with Gasteiger partial charge in [0.05, 0.1) is 5.56 Å². The SMILES string of the molecule is CCC1CCN(C(=O)c2cc(N)ccc2Br)CC1. The summed E-state index contributed by atoms with van der Waals surface area (Å²) in [4.78, 5) is 14.3. The number of rotatable bonds is 2. The molecule has 1 aromatic rings. The Morgan fingerprint density at radius 3 is 2.72 bits per heavy atom. The number of amides is 1. The zero-order chi connectivity index (χ0) is 13.1. The van der Waals surface area contributed by atoms with Crippen LogP contribution in [0.5, 0.6) is 0 Å². The lowest BCUT2D eigenvalue weighted by molar-refractivity contribution is 0.0688. The molecule has 0 radical (unpaired) electrons. The highest BCUT2D eigenvalue weighted by molar-refractivity contribution is 9.10. The lowest BCUT2D eigenvalue weighted by Crippen LogP contribution is -2.38. The monoisotopic (exact) mass is 310 g/mol. The molecule has 0 aliphatic carbocycles. The number of benzene rings is 1. The number of carbonyl (C=O) groups is 1. The molecule has 1 fully saturated rings. The van der Waals surface area contributed by atoms with Gasteiger partial charge in [-0.25, -0.2) is 0 Å². The molecule has 0 bridgehead atoms. The average molecular weight is 311 g/mol. The second kappa shape index (κ2) is 5.74. The first-order valence-electron chi connectivity index (χ1n) is 6.46. The minimum atomic E-state index is 0.0868. The Morgan fingerprint density at radius 2 is 2.11 bits per heavy atom. The number of halogens is 1. The van der Waals surface area contributed by atoms with Crippen molar-refractivity contribution in [3.8, 4) is 0 Å². The van der Waals surface area contributed by atoms with Crippen LogP contribution in [0.15, 0.2) is 22.7 Å². The van der Waals surface area contributed by atoms with Gasteiger partial charge in [0.1, 0.15) is 0 Å². The van der Waals surface area contributed by atoms with Gasteiger partial charge >= 0.3 is 0 Å². The normalized spacial score (nSPS) is 16.9. The molecule has 0 saturated carbocycles. The summed E-state index contributed by atoms with van der Waals surface area (Å²) >= 11 is 3.42. The van der Waals surface area contributed by atoms with Gasteiger partial charge in [-0.1, -0.05) is 13.3 Å².